The van der Waals surface area contributed by atoms with Gasteiger partial charge in [-0.05, 0) is 25.9 Å². The number of carboxylic acid groups (broad SMARTS) is 1. The number of rotatable bonds is 6. The molecule has 17 heavy (non-hydrogen) atoms. The van der Waals surface area contributed by atoms with Crippen molar-refractivity contribution in [1.82, 2.24) is 4.90 Å². The molecule has 1 heterocycles. The Kier molecular flexibility index (Phi) is 5.40. The van der Waals surface area contributed by atoms with Gasteiger partial charge in [0.1, 0.15) is 5.54 Å². The van der Waals surface area contributed by atoms with Crippen molar-refractivity contribution >= 4 is 5.97 Å². The van der Waals surface area contributed by atoms with Crippen LogP contribution in [0.5, 0.6) is 0 Å². The Morgan fingerprint density at radius 3 is 2.53 bits per heavy atom. The third-order valence-corrected chi connectivity index (χ3v) is 3.81. The number of carbonyl (C=O) groups is 1. The number of nitrogens with zero attached hydrogens (tertiary/aromatic N) is 1. The van der Waals surface area contributed by atoms with Crippen molar-refractivity contribution in [2.24, 2.45) is 0 Å². The van der Waals surface area contributed by atoms with Crippen LogP contribution in [-0.2, 0) is 9.53 Å². The maximum atomic E-state index is 11.7. The molecule has 1 N–H and O–H groups in total. The molecule has 0 spiro atoms. The van der Waals surface area contributed by atoms with Gasteiger partial charge < -0.3 is 9.84 Å². The van der Waals surface area contributed by atoms with Crippen LogP contribution in [0.4, 0.5) is 0 Å². The van der Waals surface area contributed by atoms with Gasteiger partial charge in [0.2, 0.25) is 0 Å². The van der Waals surface area contributed by atoms with Gasteiger partial charge >= 0.3 is 5.97 Å². The minimum Gasteiger partial charge on any atom is -0.480 e. The van der Waals surface area contributed by atoms with E-state index >= 15 is 0 Å². The van der Waals surface area contributed by atoms with E-state index in [9.17, 15) is 9.90 Å². The van der Waals surface area contributed by atoms with E-state index in [-0.39, 0.29) is 6.10 Å². The van der Waals surface area contributed by atoms with Crippen molar-refractivity contribution in [3.8, 4) is 0 Å². The summed E-state index contributed by atoms with van der Waals surface area (Å²) in [5.41, 5.74) is -0.707. The lowest BCUT2D eigenvalue weighted by Gasteiger charge is -2.44. The average molecular weight is 243 g/mol. The van der Waals surface area contributed by atoms with Crippen LogP contribution >= 0.6 is 0 Å². The second-order valence-electron chi connectivity index (χ2n) is 4.74. The number of hydrogen-bond acceptors (Lipinski definition) is 3. The Bertz CT molecular complexity index is 251. The van der Waals surface area contributed by atoms with Crippen molar-refractivity contribution in [1.29, 1.82) is 0 Å². The molecule has 1 aliphatic heterocycles. The molecule has 0 bridgehead atoms. The highest BCUT2D eigenvalue weighted by molar-refractivity contribution is 5.79. The maximum absolute atomic E-state index is 11.7. The Morgan fingerprint density at radius 2 is 2.06 bits per heavy atom. The summed E-state index contributed by atoms with van der Waals surface area (Å²) in [6.07, 6.45) is 3.32. The van der Waals surface area contributed by atoms with E-state index in [2.05, 4.69) is 11.8 Å². The molecule has 0 aromatic rings. The molecular weight excluding hydrogens is 218 g/mol. The molecule has 1 fully saturated rings. The van der Waals surface area contributed by atoms with E-state index < -0.39 is 11.5 Å². The van der Waals surface area contributed by atoms with Crippen LogP contribution in [0.15, 0.2) is 0 Å². The Hall–Kier alpha value is -0.610. The average Bonchev–Trinajstić information content (AvgIpc) is 2.31. The number of likely N-dealkylation sites (N-methyl/N-ethyl adjacent to an activating group) is 1. The summed E-state index contributed by atoms with van der Waals surface area (Å²) in [6.45, 7) is 8.28. The first-order chi connectivity index (χ1) is 8.10. The molecule has 0 aromatic heterocycles. The van der Waals surface area contributed by atoms with Crippen LogP contribution in [0.1, 0.15) is 46.5 Å². The number of aliphatic carboxylic acids is 1. The molecule has 0 amide bonds. The molecular formula is C13H25NO3. The molecule has 2 atom stereocenters. The smallest absolute Gasteiger partial charge is 0.324 e. The molecule has 4 nitrogen and oxygen atoms in total. The van der Waals surface area contributed by atoms with Gasteiger partial charge in [-0.15, -0.1) is 0 Å². The van der Waals surface area contributed by atoms with E-state index in [4.69, 9.17) is 4.74 Å². The summed E-state index contributed by atoms with van der Waals surface area (Å²) in [4.78, 5) is 13.8. The fourth-order valence-corrected chi connectivity index (χ4v) is 2.89. The SMILES string of the molecule is CCCC1CC(C(=O)O)(N(CC)CC)CCO1. The largest absolute Gasteiger partial charge is 0.480 e. The molecule has 1 rings (SSSR count). The van der Waals surface area contributed by atoms with E-state index in [1.54, 1.807) is 0 Å². The van der Waals surface area contributed by atoms with Crippen molar-refractivity contribution in [3.05, 3.63) is 0 Å². The predicted molar refractivity (Wildman–Crippen MR) is 67.2 cm³/mol. The quantitative estimate of drug-likeness (QED) is 0.776. The Labute approximate surface area is 104 Å². The van der Waals surface area contributed by atoms with Gasteiger partial charge in [0.25, 0.3) is 0 Å². The molecule has 0 radical (unpaired) electrons. The van der Waals surface area contributed by atoms with Crippen molar-refractivity contribution < 1.29 is 14.6 Å². The summed E-state index contributed by atoms with van der Waals surface area (Å²) in [7, 11) is 0. The topological polar surface area (TPSA) is 49.8 Å². The van der Waals surface area contributed by atoms with Crippen molar-refractivity contribution in [2.75, 3.05) is 19.7 Å². The van der Waals surface area contributed by atoms with Crippen LogP contribution in [-0.4, -0.2) is 47.3 Å². The van der Waals surface area contributed by atoms with Crippen LogP contribution < -0.4 is 0 Å². The van der Waals surface area contributed by atoms with Gasteiger partial charge in [0.05, 0.1) is 6.10 Å². The van der Waals surface area contributed by atoms with E-state index in [0.717, 1.165) is 25.9 Å². The highest BCUT2D eigenvalue weighted by atomic mass is 16.5. The van der Waals surface area contributed by atoms with Gasteiger partial charge in [0.15, 0.2) is 0 Å². The standard InChI is InChI=1S/C13H25NO3/c1-4-7-11-10-13(12(15)16,8-9-17-11)14(5-2)6-3/h11H,4-10H2,1-3H3,(H,15,16). The molecule has 0 aromatic carbocycles. The van der Waals surface area contributed by atoms with E-state index in [1.807, 2.05) is 13.8 Å². The van der Waals surface area contributed by atoms with Crippen LogP contribution in [0.3, 0.4) is 0 Å². The lowest BCUT2D eigenvalue weighted by molar-refractivity contribution is -0.163. The third kappa shape index (κ3) is 2.99. The van der Waals surface area contributed by atoms with Crippen LogP contribution in [0.2, 0.25) is 0 Å². The number of carboxylic acids is 1. The Morgan fingerprint density at radius 1 is 1.41 bits per heavy atom. The minimum absolute atomic E-state index is 0.102. The second kappa shape index (κ2) is 6.36. The molecule has 1 aliphatic rings. The monoisotopic (exact) mass is 243 g/mol. The lowest BCUT2D eigenvalue weighted by Crippen LogP contribution is -2.59. The number of ether oxygens (including phenoxy) is 1. The molecule has 2 unspecified atom stereocenters. The number of hydrogen-bond donors (Lipinski definition) is 1. The predicted octanol–water partition coefficient (Wildman–Crippen LogP) is 2.13. The normalized spacial score (nSPS) is 29.5. The highest BCUT2D eigenvalue weighted by Gasteiger charge is 2.46. The molecule has 100 valence electrons. The molecule has 0 saturated carbocycles. The fourth-order valence-electron chi connectivity index (χ4n) is 2.89. The van der Waals surface area contributed by atoms with Gasteiger partial charge in [0, 0.05) is 13.0 Å². The first kappa shape index (κ1) is 14.5. The maximum Gasteiger partial charge on any atom is 0.324 e. The molecule has 4 heteroatoms. The summed E-state index contributed by atoms with van der Waals surface area (Å²) in [5.74, 6) is -0.689. The fraction of sp³-hybridized carbons (Fsp3) is 0.923. The zero-order valence-corrected chi connectivity index (χ0v) is 11.2. The van der Waals surface area contributed by atoms with Gasteiger partial charge in [-0.3, -0.25) is 9.69 Å². The summed E-state index contributed by atoms with van der Waals surface area (Å²) >= 11 is 0. The van der Waals surface area contributed by atoms with Gasteiger partial charge in [-0.2, -0.15) is 0 Å². The first-order valence-corrected chi connectivity index (χ1v) is 6.70. The Balaban J connectivity index is 2.86. The lowest BCUT2D eigenvalue weighted by atomic mass is 9.83. The molecule has 1 saturated heterocycles. The van der Waals surface area contributed by atoms with Gasteiger partial charge in [-0.25, -0.2) is 0 Å². The van der Waals surface area contributed by atoms with Crippen LogP contribution in [0, 0.1) is 0 Å². The zero-order chi connectivity index (χ0) is 12.9. The summed E-state index contributed by atoms with van der Waals surface area (Å²) < 4.78 is 5.67. The third-order valence-electron chi connectivity index (χ3n) is 3.81. The summed E-state index contributed by atoms with van der Waals surface area (Å²) in [6, 6.07) is 0. The van der Waals surface area contributed by atoms with Crippen molar-refractivity contribution in [2.45, 2.75) is 58.1 Å². The highest BCUT2D eigenvalue weighted by Crippen LogP contribution is 2.32. The minimum atomic E-state index is -0.707. The molecule has 0 aliphatic carbocycles. The van der Waals surface area contributed by atoms with E-state index in [0.29, 0.717) is 19.4 Å². The van der Waals surface area contributed by atoms with Crippen LogP contribution in [0.25, 0.3) is 0 Å². The zero-order valence-electron chi connectivity index (χ0n) is 11.2. The second-order valence-corrected chi connectivity index (χ2v) is 4.74. The van der Waals surface area contributed by atoms with Crippen molar-refractivity contribution in [3.63, 3.8) is 0 Å². The summed E-state index contributed by atoms with van der Waals surface area (Å²) in [5, 5.41) is 9.61. The first-order valence-electron chi connectivity index (χ1n) is 6.70. The van der Waals surface area contributed by atoms with Gasteiger partial charge in [-0.1, -0.05) is 27.2 Å². The van der Waals surface area contributed by atoms with E-state index in [1.165, 1.54) is 0 Å².